The third-order valence-corrected chi connectivity index (χ3v) is 2.59. The molecule has 0 aliphatic rings. The fourth-order valence-electron chi connectivity index (χ4n) is 1.82. The van der Waals surface area contributed by atoms with Crippen LogP contribution in [0.15, 0.2) is 0 Å². The standard InChI is InChI=1S/C12H18F5N3/c1-5-6-20-9(11(13,14)12(15,16)17)8(18-19-20)7-10(2,3)4/h5-7H2,1-4H3. The summed E-state index contributed by atoms with van der Waals surface area (Å²) in [6.45, 7) is 6.85. The zero-order valence-corrected chi connectivity index (χ0v) is 11.9. The van der Waals surface area contributed by atoms with Crippen LogP contribution >= 0.6 is 0 Å². The highest BCUT2D eigenvalue weighted by atomic mass is 19.4. The van der Waals surface area contributed by atoms with E-state index in [1.54, 1.807) is 27.7 Å². The molecule has 8 heteroatoms. The number of aromatic nitrogens is 3. The Balaban J connectivity index is 3.36. The first-order valence-corrected chi connectivity index (χ1v) is 6.27. The molecule has 1 rings (SSSR count). The van der Waals surface area contributed by atoms with Crippen LogP contribution in [0.5, 0.6) is 0 Å². The highest BCUT2D eigenvalue weighted by Gasteiger charge is 2.62. The third-order valence-electron chi connectivity index (χ3n) is 2.59. The van der Waals surface area contributed by atoms with Gasteiger partial charge in [0.2, 0.25) is 0 Å². The molecule has 0 aromatic carbocycles. The van der Waals surface area contributed by atoms with Crippen LogP contribution in [-0.4, -0.2) is 21.2 Å². The summed E-state index contributed by atoms with van der Waals surface area (Å²) >= 11 is 0. The van der Waals surface area contributed by atoms with Gasteiger partial charge in [0.1, 0.15) is 5.69 Å². The maximum Gasteiger partial charge on any atom is 0.459 e. The number of hydrogen-bond acceptors (Lipinski definition) is 2. The van der Waals surface area contributed by atoms with Gasteiger partial charge in [0, 0.05) is 6.54 Å². The molecule has 0 saturated heterocycles. The molecule has 0 atom stereocenters. The van der Waals surface area contributed by atoms with Crippen LogP contribution < -0.4 is 0 Å². The summed E-state index contributed by atoms with van der Waals surface area (Å²) in [6.07, 6.45) is -5.27. The molecular weight excluding hydrogens is 281 g/mol. The Morgan fingerprint density at radius 3 is 2.00 bits per heavy atom. The van der Waals surface area contributed by atoms with Crippen LogP contribution in [0.3, 0.4) is 0 Å². The molecule has 0 saturated carbocycles. The molecular formula is C12H18F5N3. The van der Waals surface area contributed by atoms with E-state index in [0.29, 0.717) is 11.1 Å². The van der Waals surface area contributed by atoms with Gasteiger partial charge >= 0.3 is 12.1 Å². The van der Waals surface area contributed by atoms with Crippen molar-refractivity contribution < 1.29 is 22.0 Å². The third kappa shape index (κ3) is 3.46. The molecule has 0 amide bonds. The van der Waals surface area contributed by atoms with Gasteiger partial charge < -0.3 is 0 Å². The lowest BCUT2D eigenvalue weighted by Gasteiger charge is -2.23. The molecule has 0 aliphatic carbocycles. The summed E-state index contributed by atoms with van der Waals surface area (Å²) in [5, 5.41) is 6.99. The van der Waals surface area contributed by atoms with E-state index in [1.807, 2.05) is 0 Å². The molecule has 0 spiro atoms. The SMILES string of the molecule is CCCn1nnc(CC(C)(C)C)c1C(F)(F)C(F)(F)F. The lowest BCUT2D eigenvalue weighted by molar-refractivity contribution is -0.292. The molecule has 3 nitrogen and oxygen atoms in total. The van der Waals surface area contributed by atoms with Crippen LogP contribution in [0.2, 0.25) is 0 Å². The lowest BCUT2D eigenvalue weighted by Crippen LogP contribution is -2.37. The van der Waals surface area contributed by atoms with E-state index in [9.17, 15) is 22.0 Å². The van der Waals surface area contributed by atoms with Crippen molar-refractivity contribution in [3.63, 3.8) is 0 Å². The summed E-state index contributed by atoms with van der Waals surface area (Å²) in [6, 6.07) is 0. The number of nitrogens with zero attached hydrogens (tertiary/aromatic N) is 3. The van der Waals surface area contributed by atoms with Gasteiger partial charge in [-0.05, 0) is 18.3 Å². The second-order valence-electron chi connectivity index (χ2n) is 5.92. The summed E-state index contributed by atoms with van der Waals surface area (Å²) in [5.74, 6) is -4.95. The summed E-state index contributed by atoms with van der Waals surface area (Å²) in [7, 11) is 0. The highest BCUT2D eigenvalue weighted by Crippen LogP contribution is 2.45. The number of halogens is 5. The fourth-order valence-corrected chi connectivity index (χ4v) is 1.82. The Hall–Kier alpha value is -1.21. The predicted octanol–water partition coefficient (Wildman–Crippen LogP) is 3.93. The van der Waals surface area contributed by atoms with E-state index in [1.165, 1.54) is 0 Å². The number of hydrogen-bond donors (Lipinski definition) is 0. The zero-order chi connectivity index (χ0) is 15.8. The normalized spacial score (nSPS) is 13.8. The monoisotopic (exact) mass is 299 g/mol. The minimum absolute atomic E-state index is 0.00226. The van der Waals surface area contributed by atoms with Crippen molar-refractivity contribution in [1.29, 1.82) is 0 Å². The molecule has 0 aliphatic heterocycles. The molecule has 116 valence electrons. The van der Waals surface area contributed by atoms with Gasteiger partial charge in [-0.15, -0.1) is 5.10 Å². The van der Waals surface area contributed by atoms with Gasteiger partial charge in [-0.3, -0.25) is 0 Å². The summed E-state index contributed by atoms with van der Waals surface area (Å²) in [4.78, 5) is 0. The average Bonchev–Trinajstić information content (AvgIpc) is 2.57. The van der Waals surface area contributed by atoms with E-state index in [-0.39, 0.29) is 18.7 Å². The van der Waals surface area contributed by atoms with Crippen molar-refractivity contribution in [3.8, 4) is 0 Å². The van der Waals surface area contributed by atoms with Gasteiger partial charge in [-0.2, -0.15) is 22.0 Å². The Kier molecular flexibility index (Phi) is 4.46. The Morgan fingerprint density at radius 2 is 1.60 bits per heavy atom. The topological polar surface area (TPSA) is 30.7 Å². The number of rotatable bonds is 4. The molecule has 0 N–H and O–H groups in total. The molecule has 20 heavy (non-hydrogen) atoms. The number of alkyl halides is 5. The van der Waals surface area contributed by atoms with E-state index in [2.05, 4.69) is 10.3 Å². The van der Waals surface area contributed by atoms with Gasteiger partial charge in [0.05, 0.1) is 5.69 Å². The van der Waals surface area contributed by atoms with Gasteiger partial charge in [-0.25, -0.2) is 4.68 Å². The van der Waals surface area contributed by atoms with Gasteiger partial charge in [0.15, 0.2) is 0 Å². The molecule has 0 radical (unpaired) electrons. The molecule has 0 fully saturated rings. The first-order valence-electron chi connectivity index (χ1n) is 6.27. The summed E-state index contributed by atoms with van der Waals surface area (Å²) < 4.78 is 65.9. The van der Waals surface area contributed by atoms with Crippen LogP contribution in [0.25, 0.3) is 0 Å². The van der Waals surface area contributed by atoms with Crippen molar-refractivity contribution in [1.82, 2.24) is 15.0 Å². The van der Waals surface area contributed by atoms with Crippen LogP contribution in [0.1, 0.15) is 45.5 Å². The summed E-state index contributed by atoms with van der Waals surface area (Å²) in [5.41, 5.74) is -1.90. The van der Waals surface area contributed by atoms with Crippen LogP contribution in [0.4, 0.5) is 22.0 Å². The quantitative estimate of drug-likeness (QED) is 0.789. The maximum absolute atomic E-state index is 13.7. The highest BCUT2D eigenvalue weighted by molar-refractivity contribution is 5.19. The van der Waals surface area contributed by atoms with E-state index >= 15 is 0 Å². The van der Waals surface area contributed by atoms with E-state index in [4.69, 9.17) is 0 Å². The smallest absolute Gasteiger partial charge is 0.243 e. The van der Waals surface area contributed by atoms with Crippen molar-refractivity contribution in [2.24, 2.45) is 5.41 Å². The molecule has 0 bridgehead atoms. The molecule has 0 unspecified atom stereocenters. The Labute approximate surface area is 114 Å². The van der Waals surface area contributed by atoms with Crippen molar-refractivity contribution in [2.45, 2.75) is 59.2 Å². The van der Waals surface area contributed by atoms with Crippen LogP contribution in [0, 0.1) is 5.41 Å². The first kappa shape index (κ1) is 16.8. The molecule has 1 aromatic heterocycles. The van der Waals surface area contributed by atoms with Crippen molar-refractivity contribution in [2.75, 3.05) is 0 Å². The molecule has 1 heterocycles. The first-order chi connectivity index (χ1) is 8.90. The van der Waals surface area contributed by atoms with Crippen LogP contribution in [-0.2, 0) is 18.9 Å². The van der Waals surface area contributed by atoms with Gasteiger partial charge in [-0.1, -0.05) is 32.9 Å². The van der Waals surface area contributed by atoms with Gasteiger partial charge in [0.25, 0.3) is 0 Å². The average molecular weight is 299 g/mol. The Bertz CT molecular complexity index is 457. The minimum atomic E-state index is -5.66. The Morgan fingerprint density at radius 1 is 1.05 bits per heavy atom. The lowest BCUT2D eigenvalue weighted by atomic mass is 9.89. The second kappa shape index (κ2) is 5.29. The van der Waals surface area contributed by atoms with E-state index in [0.717, 1.165) is 0 Å². The zero-order valence-electron chi connectivity index (χ0n) is 11.9. The van der Waals surface area contributed by atoms with Crippen molar-refractivity contribution >= 4 is 0 Å². The second-order valence-corrected chi connectivity index (χ2v) is 5.92. The number of aryl methyl sites for hydroxylation is 1. The van der Waals surface area contributed by atoms with Crippen molar-refractivity contribution in [3.05, 3.63) is 11.4 Å². The fraction of sp³-hybridized carbons (Fsp3) is 0.833. The molecule has 1 aromatic rings. The largest absolute Gasteiger partial charge is 0.459 e. The predicted molar refractivity (Wildman–Crippen MR) is 63.4 cm³/mol. The minimum Gasteiger partial charge on any atom is -0.243 e. The maximum atomic E-state index is 13.7. The van der Waals surface area contributed by atoms with E-state index < -0.39 is 23.2 Å².